The van der Waals surface area contributed by atoms with Crippen molar-refractivity contribution in [2.45, 2.75) is 34.0 Å². The van der Waals surface area contributed by atoms with Crippen molar-refractivity contribution in [1.29, 1.82) is 0 Å². The third-order valence-electron chi connectivity index (χ3n) is 12.2. The summed E-state index contributed by atoms with van der Waals surface area (Å²) in [6.07, 6.45) is 1.39. The smallest absolute Gasteiger partial charge is 0.336 e. The second kappa shape index (κ2) is 55.6. The molecule has 0 heterocycles. The zero-order chi connectivity index (χ0) is 82.1. The fourth-order valence-corrected chi connectivity index (χ4v) is 14.0. The number of carbonyl (C=O) groups is 4. The largest absolute Gasteiger partial charge is 0.508 e. The maximum atomic E-state index is 10.9. The summed E-state index contributed by atoms with van der Waals surface area (Å²) in [7, 11) is 0. The molecular weight excluding hydrogens is 2170 g/mol. The zero-order valence-corrected chi connectivity index (χ0v) is 77.4. The van der Waals surface area contributed by atoms with Gasteiger partial charge < -0.3 is 40.9 Å². The molecule has 8 N–H and O–H groups in total. The van der Waals surface area contributed by atoms with Gasteiger partial charge in [-0.1, -0.05) is 262 Å². The number of phenols is 5. The van der Waals surface area contributed by atoms with Crippen LogP contribution in [0.4, 0.5) is 0 Å². The second-order valence-electron chi connectivity index (χ2n) is 20.4. The molecule has 0 saturated carbocycles. The van der Waals surface area contributed by atoms with Crippen LogP contribution < -0.4 is 0 Å². The minimum atomic E-state index is -0.932. The van der Waals surface area contributed by atoms with E-state index in [1.54, 1.807) is 115 Å². The Balaban J connectivity index is 0.000000594. The van der Waals surface area contributed by atoms with Gasteiger partial charge in [0.1, 0.15) is 29.3 Å². The van der Waals surface area contributed by atoms with Crippen molar-refractivity contribution < 1.29 is 60.0 Å². The lowest BCUT2D eigenvalue weighted by Crippen LogP contribution is -1.98. The number of Topliss-reactive ketones (excluding diaryl/α,β-unsaturated/α-hetero) is 1. The highest BCUT2D eigenvalue weighted by Gasteiger charge is 2.10. The normalized spacial score (nSPS) is 9.64. The number of alkyl halides is 1. The first-order chi connectivity index (χ1) is 50.7. The number of carboxylic acid groups (broad SMARTS) is 1. The van der Waals surface area contributed by atoms with Gasteiger partial charge in [-0.05, 0) is 236 Å². The maximum Gasteiger partial charge on any atom is 0.336 e. The van der Waals surface area contributed by atoms with Gasteiger partial charge in [-0.3, -0.25) is 14.4 Å². The quantitative estimate of drug-likeness (QED) is 0.0322. The number of aryl methyl sites for hydroxylation is 3. The van der Waals surface area contributed by atoms with E-state index in [4.69, 9.17) is 170 Å². The monoisotopic (exact) mass is 2210 g/mol. The first-order valence-corrected chi connectivity index (χ1v) is 40.5. The summed E-state index contributed by atoms with van der Waals surface area (Å²) in [6.45, 7) is 5.70. The van der Waals surface area contributed by atoms with Crippen LogP contribution in [0.5, 0.6) is 28.7 Å². The number of halogens is 20. The number of hydrogen-bond acceptors (Lipinski definition) is 11. The maximum absolute atomic E-state index is 10.9. The Labute approximate surface area is 751 Å². The Morgan fingerprint density at radius 1 is 0.389 bits per heavy atom. The van der Waals surface area contributed by atoms with Crippen molar-refractivity contribution in [3.8, 4) is 28.7 Å². The van der Waals surface area contributed by atoms with Crippen LogP contribution in [0.2, 0.25) is 55.2 Å². The summed E-state index contributed by atoms with van der Waals surface area (Å²) in [5.74, 6) is -0.0661. The van der Waals surface area contributed by atoms with E-state index in [-0.39, 0.29) is 68.3 Å². The first-order valence-electron chi connectivity index (χ1n) is 29.5. The van der Waals surface area contributed by atoms with Crippen LogP contribution in [-0.4, -0.2) is 71.1 Å². The number of aromatic carboxylic acids is 1. The van der Waals surface area contributed by atoms with E-state index in [2.05, 4.69) is 127 Å². The van der Waals surface area contributed by atoms with Crippen molar-refractivity contribution in [3.63, 3.8) is 0 Å². The molecule has 11 rings (SSSR count). The Morgan fingerprint density at radius 3 is 1.29 bits per heavy atom. The average molecular weight is 2230 g/mol. The van der Waals surface area contributed by atoms with Gasteiger partial charge in [0.05, 0.1) is 69.3 Å². The molecule has 0 aliphatic rings. The lowest BCUT2D eigenvalue weighted by atomic mass is 10.1. The van der Waals surface area contributed by atoms with E-state index in [9.17, 15) is 29.4 Å². The predicted octanol–water partition coefficient (Wildman–Crippen LogP) is 30.0. The van der Waals surface area contributed by atoms with Crippen molar-refractivity contribution in [2.75, 3.05) is 5.88 Å². The SMILES string of the molecule is Cc1cc(Br)c(O)c(Br)c1.Cc1cc(Br)cc(C)c1O.O=C(CCl)c1ccccc1.O=C(O)c1cc(Br)ccc1Br.O=Cc1c(Cl)ccc(Cl)c1Cl.O=Cc1cc(Br)cc(Br)c1.OCc1ccc(Cl)cc1Cl.OCc1ccccc1Cl.Oc1c(Cl)cc(Cl)cc1Cl.Oc1cc(Cl)ccc1Cl.Oc1ccc(Br)cc1. The number of aliphatic hydroxyl groups excluding tert-OH is 2. The Bertz CT molecular complexity index is 4470. The molecule has 0 unspecified atom stereocenters. The van der Waals surface area contributed by atoms with E-state index < -0.39 is 5.97 Å². The summed E-state index contributed by atoms with van der Waals surface area (Å²) in [5, 5.41) is 75.2. The fourth-order valence-electron chi connectivity index (χ4n) is 6.99. The van der Waals surface area contributed by atoms with E-state index in [1.165, 1.54) is 24.3 Å². The number of carboxylic acids is 1. The molecule has 0 radical (unpaired) electrons. The number of aldehydes is 2. The molecule has 0 aliphatic heterocycles. The molecule has 0 atom stereocenters. The molecular formula is C76H58Br8Cl12O12. The molecule has 11 aromatic carbocycles. The molecule has 108 heavy (non-hydrogen) atoms. The van der Waals surface area contributed by atoms with E-state index in [0.29, 0.717) is 79.1 Å². The number of aliphatic hydroxyl groups is 2. The van der Waals surface area contributed by atoms with Crippen molar-refractivity contribution in [2.24, 2.45) is 0 Å². The summed E-state index contributed by atoms with van der Waals surface area (Å²) in [5.41, 5.74) is 6.25. The molecule has 0 bridgehead atoms. The highest BCUT2D eigenvalue weighted by molar-refractivity contribution is 9.12. The standard InChI is InChI=1S/C8H9BrO.C8H7ClO.C7H4Br2O2.C7H4Br2O.C7H6Br2O.C7H3Cl3O.C7H6Cl2O.C7H7ClO.C6H5BrO.C6H3Cl3O.C6H4Cl2O/c1-5-3-7(9)4-6(2)8(5)10;9-6-8(10)7-4-2-1-3-5-7;8-4-1-2-6(9)5(3-4)7(10)11;8-6-1-5(4-10)2-7(9)3-6;1-4-2-5(8)7(10)6(9)3-4;8-5-1-2-6(9)7(10)4(5)3-11;8-6-2-1-5(4-10)7(9)3-6;8-7-4-2-1-3-6(7)5-9;7-5-1-3-6(8)4-2-5;7-3-1-4(8)6(10)5(9)2-3;7-4-1-2-5(8)6(9)3-4/h3-4,10H,1-2H3;1-5H,6H2;1-3H,(H,10,11);1-4H;2-3,10H,1H3;1-3H;1-3,10H,4H2;1-4,9H,5H2;1-4,8H;1-2,10H;1-3,9H. The molecule has 12 nitrogen and oxygen atoms in total. The van der Waals surface area contributed by atoms with Crippen LogP contribution >= 0.6 is 267 Å². The number of benzene rings is 11. The van der Waals surface area contributed by atoms with Gasteiger partial charge in [-0.15, -0.1) is 11.6 Å². The van der Waals surface area contributed by atoms with Gasteiger partial charge in [-0.25, -0.2) is 4.79 Å². The van der Waals surface area contributed by atoms with E-state index in [1.807, 2.05) is 81.4 Å². The minimum Gasteiger partial charge on any atom is -0.508 e. The Hall–Kier alpha value is -3.86. The predicted molar refractivity (Wildman–Crippen MR) is 475 cm³/mol. The molecule has 11 aromatic rings. The zero-order valence-electron chi connectivity index (χ0n) is 55.6. The fraction of sp³-hybridized carbons (Fsp3) is 0.0789. The minimum absolute atomic E-state index is 0.0136. The van der Waals surface area contributed by atoms with Gasteiger partial charge in [0.15, 0.2) is 17.8 Å². The number of rotatable bonds is 7. The van der Waals surface area contributed by atoms with Gasteiger partial charge in [-0.2, -0.15) is 0 Å². The Morgan fingerprint density at radius 2 is 0.852 bits per heavy atom. The van der Waals surface area contributed by atoms with Crippen molar-refractivity contribution in [3.05, 3.63) is 341 Å². The van der Waals surface area contributed by atoms with Crippen LogP contribution in [0.3, 0.4) is 0 Å². The molecule has 0 aliphatic carbocycles. The number of carbonyl (C=O) groups excluding carboxylic acids is 3. The van der Waals surface area contributed by atoms with Crippen LogP contribution in [-0.2, 0) is 13.2 Å². The number of ketones is 1. The summed E-state index contributed by atoms with van der Waals surface area (Å²) < 4.78 is 6.61. The molecule has 0 aromatic heterocycles. The molecule has 0 saturated heterocycles. The molecule has 0 amide bonds. The number of phenolic OH excluding ortho intramolecular Hbond substituents is 5. The lowest BCUT2D eigenvalue weighted by Gasteiger charge is -2.02. The molecule has 0 fully saturated rings. The van der Waals surface area contributed by atoms with Gasteiger partial charge in [0.25, 0.3) is 0 Å². The van der Waals surface area contributed by atoms with Crippen molar-refractivity contribution in [1.82, 2.24) is 0 Å². The van der Waals surface area contributed by atoms with Crippen LogP contribution in [0.25, 0.3) is 0 Å². The third kappa shape index (κ3) is 41.3. The van der Waals surface area contributed by atoms with E-state index in [0.717, 1.165) is 59.8 Å². The second-order valence-corrected chi connectivity index (χ2v) is 32.4. The molecule has 32 heteroatoms. The van der Waals surface area contributed by atoms with Gasteiger partial charge >= 0.3 is 5.97 Å². The number of aromatic hydroxyl groups is 5. The number of hydrogen-bond donors (Lipinski definition) is 8. The third-order valence-corrected chi connectivity index (χ3v) is 20.2. The highest BCUT2D eigenvalue weighted by atomic mass is 79.9. The molecule has 574 valence electrons. The Kier molecular flexibility index (Phi) is 52.6. The van der Waals surface area contributed by atoms with Gasteiger partial charge in [0.2, 0.25) is 0 Å². The highest BCUT2D eigenvalue weighted by Crippen LogP contribution is 2.36. The van der Waals surface area contributed by atoms with E-state index >= 15 is 0 Å². The first kappa shape index (κ1) is 102. The average Bonchev–Trinajstić information content (AvgIpc) is 0.860. The van der Waals surface area contributed by atoms with Crippen LogP contribution in [0.1, 0.15) is 69.2 Å². The lowest BCUT2D eigenvalue weighted by molar-refractivity contribution is 0.0695. The summed E-state index contributed by atoms with van der Waals surface area (Å²) in [4.78, 5) is 42.0. The molecule has 0 spiro atoms. The summed E-state index contributed by atoms with van der Waals surface area (Å²) in [6, 6.07) is 56.5. The van der Waals surface area contributed by atoms with Crippen LogP contribution in [0, 0.1) is 20.8 Å². The van der Waals surface area contributed by atoms with Crippen LogP contribution in [0.15, 0.2) is 236 Å². The topological polar surface area (TPSA) is 230 Å². The summed E-state index contributed by atoms with van der Waals surface area (Å²) >= 11 is 92.5. The van der Waals surface area contributed by atoms with Crippen molar-refractivity contribution >= 4 is 291 Å². The van der Waals surface area contributed by atoms with Gasteiger partial charge in [0, 0.05) is 69.1 Å².